The molecule has 0 spiro atoms. The van der Waals surface area contributed by atoms with Crippen LogP contribution in [0.25, 0.3) is 22.2 Å². The highest BCUT2D eigenvalue weighted by molar-refractivity contribution is 8.93. The van der Waals surface area contributed by atoms with Crippen LogP contribution in [0.4, 0.5) is 0 Å². The first-order chi connectivity index (χ1) is 10.4. The van der Waals surface area contributed by atoms with Crippen LogP contribution in [-0.2, 0) is 0 Å². The Kier molecular flexibility index (Phi) is 4.38. The molecule has 0 atom stereocenters. The van der Waals surface area contributed by atoms with E-state index in [0.717, 1.165) is 11.1 Å². The van der Waals surface area contributed by atoms with Crippen molar-refractivity contribution in [2.24, 2.45) is 0 Å². The van der Waals surface area contributed by atoms with Crippen molar-refractivity contribution >= 4 is 27.9 Å². The summed E-state index contributed by atoms with van der Waals surface area (Å²) in [5, 5.41) is 29.6. The highest BCUT2D eigenvalue weighted by Crippen LogP contribution is 2.33. The van der Waals surface area contributed by atoms with E-state index in [1.807, 2.05) is 26.0 Å². The summed E-state index contributed by atoms with van der Waals surface area (Å²) in [6, 6.07) is 7.80. The lowest BCUT2D eigenvalue weighted by molar-refractivity contribution is 0.404. The minimum Gasteiger partial charge on any atom is -0.504 e. The smallest absolute Gasteiger partial charge is 0.231 e. The zero-order valence-corrected chi connectivity index (χ0v) is 14.3. The molecule has 2 aromatic carbocycles. The maximum absolute atomic E-state index is 12.4. The number of halogens is 1. The summed E-state index contributed by atoms with van der Waals surface area (Å²) in [6.07, 6.45) is 0. The van der Waals surface area contributed by atoms with Crippen LogP contribution >= 0.6 is 17.0 Å². The molecule has 0 aliphatic carbocycles. The Morgan fingerprint density at radius 2 is 1.65 bits per heavy atom. The Balaban J connectivity index is 0.00000192. The van der Waals surface area contributed by atoms with Crippen molar-refractivity contribution in [2.75, 3.05) is 0 Å². The lowest BCUT2D eigenvalue weighted by Gasteiger charge is -2.10. The second-order valence-corrected chi connectivity index (χ2v) is 5.39. The Bertz CT molecular complexity index is 963. The van der Waals surface area contributed by atoms with E-state index in [0.29, 0.717) is 16.5 Å². The number of H-pyrrole nitrogens is 1. The topological polar surface area (TPSA) is 93.6 Å². The Hall–Kier alpha value is -2.47. The summed E-state index contributed by atoms with van der Waals surface area (Å²) in [5.74, 6) is -0.999. The van der Waals surface area contributed by atoms with Gasteiger partial charge in [-0.3, -0.25) is 4.79 Å². The highest BCUT2D eigenvalue weighted by atomic mass is 79.9. The van der Waals surface area contributed by atoms with E-state index in [-0.39, 0.29) is 34.2 Å². The molecule has 0 saturated heterocycles. The number of hydrogen-bond acceptors (Lipinski definition) is 4. The molecular weight excluding hydrogens is 362 g/mol. The van der Waals surface area contributed by atoms with Gasteiger partial charge in [-0.15, -0.1) is 17.0 Å². The van der Waals surface area contributed by atoms with Gasteiger partial charge < -0.3 is 20.3 Å². The van der Waals surface area contributed by atoms with Crippen LogP contribution in [-0.4, -0.2) is 20.3 Å². The number of rotatable bonds is 1. The number of aromatic nitrogens is 1. The minimum atomic E-state index is -0.464. The molecule has 4 N–H and O–H groups in total. The maximum Gasteiger partial charge on any atom is 0.231 e. The second-order valence-electron chi connectivity index (χ2n) is 5.39. The van der Waals surface area contributed by atoms with Crippen molar-refractivity contribution in [3.63, 3.8) is 0 Å². The van der Waals surface area contributed by atoms with E-state index in [2.05, 4.69) is 4.98 Å². The van der Waals surface area contributed by atoms with E-state index >= 15 is 0 Å². The molecule has 0 unspecified atom stereocenters. The number of phenolic OH excluding ortho intramolecular Hbond substituents is 2. The van der Waals surface area contributed by atoms with Gasteiger partial charge in [-0.05, 0) is 49.2 Å². The van der Waals surface area contributed by atoms with Crippen molar-refractivity contribution in [1.82, 2.24) is 4.98 Å². The molecule has 0 amide bonds. The molecule has 23 heavy (non-hydrogen) atoms. The average molecular weight is 378 g/mol. The highest BCUT2D eigenvalue weighted by Gasteiger charge is 2.15. The number of fused-ring (bicyclic) bond motifs is 1. The number of benzene rings is 2. The van der Waals surface area contributed by atoms with Crippen LogP contribution in [0, 0.1) is 13.8 Å². The molecule has 0 fully saturated rings. The van der Waals surface area contributed by atoms with Gasteiger partial charge in [0.2, 0.25) is 5.43 Å². The van der Waals surface area contributed by atoms with Gasteiger partial charge in [0.1, 0.15) is 0 Å². The molecule has 3 aromatic rings. The van der Waals surface area contributed by atoms with E-state index in [9.17, 15) is 20.1 Å². The first-order valence-corrected chi connectivity index (χ1v) is 6.77. The lowest BCUT2D eigenvalue weighted by atomic mass is 10.0. The Morgan fingerprint density at radius 3 is 2.30 bits per heavy atom. The van der Waals surface area contributed by atoms with E-state index < -0.39 is 11.2 Å². The number of aromatic amines is 1. The normalized spacial score (nSPS) is 10.5. The number of pyridine rings is 1. The van der Waals surface area contributed by atoms with Crippen molar-refractivity contribution in [3.05, 3.63) is 51.7 Å². The maximum atomic E-state index is 12.4. The lowest BCUT2D eigenvalue weighted by Crippen LogP contribution is -2.07. The van der Waals surface area contributed by atoms with Crippen LogP contribution in [0.3, 0.4) is 0 Å². The molecule has 0 aliphatic heterocycles. The third-order valence-electron chi connectivity index (χ3n) is 3.68. The summed E-state index contributed by atoms with van der Waals surface area (Å²) in [5.41, 5.74) is 2.54. The van der Waals surface area contributed by atoms with Crippen molar-refractivity contribution in [1.29, 1.82) is 0 Å². The Labute approximate surface area is 142 Å². The average Bonchev–Trinajstić information content (AvgIpc) is 2.45. The summed E-state index contributed by atoms with van der Waals surface area (Å²) in [7, 11) is 0. The standard InChI is InChI=1S/C17H15NO4.BrH/c1-8-5-9(2)14-11(6-8)18-15(17(22)16(14)21)10-3-4-12(19)13(20)7-10;/h3-7,19-20,22H,1-2H3,(H,18,21);1H. The molecule has 0 saturated carbocycles. The van der Waals surface area contributed by atoms with Crippen LogP contribution in [0.2, 0.25) is 0 Å². The van der Waals surface area contributed by atoms with Gasteiger partial charge in [0.15, 0.2) is 17.2 Å². The molecule has 0 aliphatic rings. The van der Waals surface area contributed by atoms with Gasteiger partial charge in [-0.2, -0.15) is 0 Å². The summed E-state index contributed by atoms with van der Waals surface area (Å²) >= 11 is 0. The third-order valence-corrected chi connectivity index (χ3v) is 3.68. The van der Waals surface area contributed by atoms with Crippen LogP contribution in [0.1, 0.15) is 11.1 Å². The largest absolute Gasteiger partial charge is 0.504 e. The zero-order chi connectivity index (χ0) is 16.0. The molecule has 3 rings (SSSR count). The van der Waals surface area contributed by atoms with E-state index in [1.165, 1.54) is 18.2 Å². The number of hydrogen-bond donors (Lipinski definition) is 4. The van der Waals surface area contributed by atoms with Gasteiger partial charge in [0.05, 0.1) is 16.6 Å². The van der Waals surface area contributed by atoms with Gasteiger partial charge in [-0.25, -0.2) is 0 Å². The fraction of sp³-hybridized carbons (Fsp3) is 0.118. The number of nitrogens with one attached hydrogen (secondary N) is 1. The van der Waals surface area contributed by atoms with E-state index in [4.69, 9.17) is 0 Å². The van der Waals surface area contributed by atoms with Gasteiger partial charge in [0.25, 0.3) is 0 Å². The predicted molar refractivity (Wildman–Crippen MR) is 94.8 cm³/mol. The summed E-state index contributed by atoms with van der Waals surface area (Å²) in [4.78, 5) is 15.5. The minimum absolute atomic E-state index is 0. The van der Waals surface area contributed by atoms with E-state index in [1.54, 1.807) is 0 Å². The van der Waals surface area contributed by atoms with Crippen LogP contribution in [0.5, 0.6) is 17.2 Å². The first-order valence-electron chi connectivity index (χ1n) is 6.77. The molecular formula is C17H16BrNO4. The second kappa shape index (κ2) is 5.96. The molecule has 120 valence electrons. The monoisotopic (exact) mass is 377 g/mol. The molecule has 5 nitrogen and oxygen atoms in total. The van der Waals surface area contributed by atoms with Crippen molar-refractivity contribution < 1.29 is 15.3 Å². The first kappa shape index (κ1) is 16.9. The number of aromatic hydroxyl groups is 3. The quantitative estimate of drug-likeness (QED) is 0.488. The SMILES string of the molecule is Br.Cc1cc(C)c2c(=O)c(O)c(-c3ccc(O)c(O)c3)[nH]c2c1. The molecule has 6 heteroatoms. The summed E-state index contributed by atoms with van der Waals surface area (Å²) < 4.78 is 0. The zero-order valence-electron chi connectivity index (χ0n) is 12.5. The van der Waals surface area contributed by atoms with Gasteiger partial charge >= 0.3 is 0 Å². The number of phenols is 2. The van der Waals surface area contributed by atoms with Gasteiger partial charge in [-0.1, -0.05) is 6.07 Å². The van der Waals surface area contributed by atoms with Crippen molar-refractivity contribution in [2.45, 2.75) is 13.8 Å². The van der Waals surface area contributed by atoms with Gasteiger partial charge in [0, 0.05) is 5.56 Å². The Morgan fingerprint density at radius 1 is 0.957 bits per heavy atom. The van der Waals surface area contributed by atoms with Crippen molar-refractivity contribution in [3.8, 4) is 28.5 Å². The predicted octanol–water partition coefficient (Wildman–Crippen LogP) is 3.51. The molecule has 0 bridgehead atoms. The fourth-order valence-corrected chi connectivity index (χ4v) is 2.68. The van der Waals surface area contributed by atoms with Crippen LogP contribution < -0.4 is 5.43 Å². The van der Waals surface area contributed by atoms with Crippen LogP contribution in [0.15, 0.2) is 35.1 Å². The fourth-order valence-electron chi connectivity index (χ4n) is 2.68. The third kappa shape index (κ3) is 2.77. The molecule has 1 aromatic heterocycles. The molecule has 0 radical (unpaired) electrons. The number of aryl methyl sites for hydroxylation is 2. The summed E-state index contributed by atoms with van der Waals surface area (Å²) in [6.45, 7) is 3.74. The molecule has 1 heterocycles.